The molecule has 86 valence electrons. The molecule has 0 amide bonds. The number of thioether (sulfide) groups is 1. The lowest BCUT2D eigenvalue weighted by molar-refractivity contribution is 0.381. The van der Waals surface area contributed by atoms with Crippen molar-refractivity contribution in [3.63, 3.8) is 0 Å². The highest BCUT2D eigenvalue weighted by molar-refractivity contribution is 7.98. The SMILES string of the molecule is COc1nc2nc(SC)c3ccccc3n2n1. The number of ether oxygens (including phenoxy) is 1. The molecule has 3 rings (SSSR count). The summed E-state index contributed by atoms with van der Waals surface area (Å²) in [6.07, 6.45) is 2.00. The van der Waals surface area contributed by atoms with Gasteiger partial charge in [0, 0.05) is 5.39 Å². The van der Waals surface area contributed by atoms with Crippen LogP contribution in [0.15, 0.2) is 29.3 Å². The third kappa shape index (κ3) is 1.52. The van der Waals surface area contributed by atoms with Crippen molar-refractivity contribution in [1.29, 1.82) is 0 Å². The normalized spacial score (nSPS) is 11.2. The quantitative estimate of drug-likeness (QED) is 0.511. The van der Waals surface area contributed by atoms with Crippen LogP contribution in [-0.4, -0.2) is 32.9 Å². The van der Waals surface area contributed by atoms with Gasteiger partial charge in [-0.2, -0.15) is 9.50 Å². The first kappa shape index (κ1) is 10.3. The second-order valence-corrected chi connectivity index (χ2v) is 4.24. The van der Waals surface area contributed by atoms with Crippen LogP contribution in [0.4, 0.5) is 0 Å². The monoisotopic (exact) mass is 246 g/mol. The Kier molecular flexibility index (Phi) is 2.36. The van der Waals surface area contributed by atoms with Gasteiger partial charge in [-0.1, -0.05) is 18.2 Å². The molecule has 0 N–H and O–H groups in total. The van der Waals surface area contributed by atoms with E-state index in [1.807, 2.05) is 30.5 Å². The molecule has 0 saturated heterocycles. The third-order valence-corrected chi connectivity index (χ3v) is 3.21. The van der Waals surface area contributed by atoms with Crippen molar-refractivity contribution in [2.75, 3.05) is 13.4 Å². The summed E-state index contributed by atoms with van der Waals surface area (Å²) >= 11 is 1.60. The number of benzene rings is 1. The highest BCUT2D eigenvalue weighted by atomic mass is 32.2. The van der Waals surface area contributed by atoms with E-state index in [1.54, 1.807) is 23.4 Å². The Morgan fingerprint density at radius 1 is 1.24 bits per heavy atom. The second kappa shape index (κ2) is 3.89. The first-order valence-corrected chi connectivity index (χ1v) is 6.29. The molecule has 0 fully saturated rings. The Bertz CT molecular complexity index is 694. The Morgan fingerprint density at radius 2 is 2.06 bits per heavy atom. The standard InChI is InChI=1S/C11H10N4OS/c1-16-11-13-10-12-9(17-2)7-5-3-4-6-8(7)15(10)14-11/h3-6H,1-2H3. The minimum Gasteiger partial charge on any atom is -0.466 e. The maximum absolute atomic E-state index is 5.03. The smallest absolute Gasteiger partial charge is 0.337 e. The van der Waals surface area contributed by atoms with Gasteiger partial charge in [-0.05, 0) is 12.3 Å². The van der Waals surface area contributed by atoms with Crippen LogP contribution in [0.25, 0.3) is 16.7 Å². The average molecular weight is 246 g/mol. The zero-order valence-corrected chi connectivity index (χ0v) is 10.2. The van der Waals surface area contributed by atoms with Gasteiger partial charge >= 0.3 is 6.01 Å². The molecule has 5 nitrogen and oxygen atoms in total. The maximum Gasteiger partial charge on any atom is 0.337 e. The summed E-state index contributed by atoms with van der Waals surface area (Å²) in [5.74, 6) is 0.560. The second-order valence-electron chi connectivity index (χ2n) is 3.45. The van der Waals surface area contributed by atoms with Crippen LogP contribution in [0.3, 0.4) is 0 Å². The number of methoxy groups -OCH3 is 1. The summed E-state index contributed by atoms with van der Waals surface area (Å²) in [6, 6.07) is 8.32. The molecular formula is C11H10N4OS. The molecule has 0 atom stereocenters. The molecule has 0 spiro atoms. The summed E-state index contributed by atoms with van der Waals surface area (Å²) in [7, 11) is 1.55. The molecule has 0 aliphatic rings. The highest BCUT2D eigenvalue weighted by Gasteiger charge is 2.11. The molecule has 0 aliphatic carbocycles. The fourth-order valence-electron chi connectivity index (χ4n) is 1.75. The maximum atomic E-state index is 5.03. The van der Waals surface area contributed by atoms with Crippen molar-refractivity contribution in [2.45, 2.75) is 5.03 Å². The third-order valence-electron chi connectivity index (χ3n) is 2.51. The molecule has 0 unspecified atom stereocenters. The minimum absolute atomic E-state index is 0.334. The molecule has 17 heavy (non-hydrogen) atoms. The van der Waals surface area contributed by atoms with E-state index in [9.17, 15) is 0 Å². The lowest BCUT2D eigenvalue weighted by Gasteiger charge is -2.03. The Labute approximate surface area is 102 Å². The molecule has 3 aromatic rings. The van der Waals surface area contributed by atoms with Gasteiger partial charge in [0.2, 0.25) is 0 Å². The first-order valence-electron chi connectivity index (χ1n) is 5.07. The number of rotatable bonds is 2. The molecule has 0 saturated carbocycles. The Balaban J connectivity index is 2.47. The topological polar surface area (TPSA) is 52.3 Å². The van der Waals surface area contributed by atoms with E-state index in [0.717, 1.165) is 15.9 Å². The molecule has 0 radical (unpaired) electrons. The van der Waals surface area contributed by atoms with Crippen molar-refractivity contribution < 1.29 is 4.74 Å². The van der Waals surface area contributed by atoms with Crippen LogP contribution < -0.4 is 4.74 Å². The predicted octanol–water partition coefficient (Wildman–Crippen LogP) is 2.01. The molecule has 6 heteroatoms. The van der Waals surface area contributed by atoms with Crippen LogP contribution in [-0.2, 0) is 0 Å². The van der Waals surface area contributed by atoms with Gasteiger partial charge in [-0.25, -0.2) is 4.98 Å². The van der Waals surface area contributed by atoms with E-state index < -0.39 is 0 Å². The van der Waals surface area contributed by atoms with Crippen molar-refractivity contribution in [1.82, 2.24) is 19.6 Å². The number of fused-ring (bicyclic) bond motifs is 3. The number of para-hydroxylation sites is 1. The summed E-state index contributed by atoms with van der Waals surface area (Å²) in [5.41, 5.74) is 0.984. The zero-order chi connectivity index (χ0) is 11.8. The Hall–Kier alpha value is -1.82. The summed E-state index contributed by atoms with van der Waals surface area (Å²) in [4.78, 5) is 8.66. The fraction of sp³-hybridized carbons (Fsp3) is 0.182. The van der Waals surface area contributed by atoms with E-state index in [2.05, 4.69) is 15.1 Å². The number of aromatic nitrogens is 4. The molecule has 0 bridgehead atoms. The van der Waals surface area contributed by atoms with Gasteiger partial charge in [0.1, 0.15) is 5.03 Å². The molecule has 1 aromatic carbocycles. The van der Waals surface area contributed by atoms with Crippen molar-refractivity contribution in [3.8, 4) is 6.01 Å². The van der Waals surface area contributed by atoms with E-state index in [1.165, 1.54) is 0 Å². The zero-order valence-electron chi connectivity index (χ0n) is 9.41. The molecule has 0 aliphatic heterocycles. The van der Waals surface area contributed by atoms with Crippen molar-refractivity contribution in [2.24, 2.45) is 0 Å². The van der Waals surface area contributed by atoms with Crippen molar-refractivity contribution in [3.05, 3.63) is 24.3 Å². The van der Waals surface area contributed by atoms with Crippen LogP contribution in [0.5, 0.6) is 6.01 Å². The summed E-state index contributed by atoms with van der Waals surface area (Å²) < 4.78 is 6.73. The van der Waals surface area contributed by atoms with Gasteiger partial charge in [0.25, 0.3) is 5.78 Å². The van der Waals surface area contributed by atoms with Crippen molar-refractivity contribution >= 4 is 28.4 Å². The highest BCUT2D eigenvalue weighted by Crippen LogP contribution is 2.25. The molecule has 2 aromatic heterocycles. The van der Waals surface area contributed by atoms with Gasteiger partial charge < -0.3 is 4.74 Å². The number of nitrogens with zero attached hydrogens (tertiary/aromatic N) is 4. The van der Waals surface area contributed by atoms with E-state index >= 15 is 0 Å². The Morgan fingerprint density at radius 3 is 2.82 bits per heavy atom. The van der Waals surface area contributed by atoms with E-state index in [4.69, 9.17) is 4.74 Å². The van der Waals surface area contributed by atoms with E-state index in [0.29, 0.717) is 11.8 Å². The van der Waals surface area contributed by atoms with E-state index in [-0.39, 0.29) is 0 Å². The summed E-state index contributed by atoms with van der Waals surface area (Å²) in [6.45, 7) is 0. The lowest BCUT2D eigenvalue weighted by Crippen LogP contribution is -1.95. The van der Waals surface area contributed by atoms with Crippen LogP contribution in [0, 0.1) is 0 Å². The number of hydrogen-bond donors (Lipinski definition) is 0. The average Bonchev–Trinajstić information content (AvgIpc) is 2.81. The molecule has 2 heterocycles. The van der Waals surface area contributed by atoms with Gasteiger partial charge in [-0.3, -0.25) is 0 Å². The predicted molar refractivity (Wildman–Crippen MR) is 66.6 cm³/mol. The van der Waals surface area contributed by atoms with Crippen LogP contribution >= 0.6 is 11.8 Å². The summed E-state index contributed by atoms with van der Waals surface area (Å²) in [5, 5.41) is 6.26. The van der Waals surface area contributed by atoms with Gasteiger partial charge in [0.05, 0.1) is 12.6 Å². The first-order chi connectivity index (χ1) is 8.33. The minimum atomic E-state index is 0.334. The number of hydrogen-bond acceptors (Lipinski definition) is 5. The fourth-order valence-corrected chi connectivity index (χ4v) is 2.32. The van der Waals surface area contributed by atoms with Gasteiger partial charge in [-0.15, -0.1) is 16.9 Å². The molecular weight excluding hydrogens is 236 g/mol. The lowest BCUT2D eigenvalue weighted by atomic mass is 10.2. The van der Waals surface area contributed by atoms with Crippen LogP contribution in [0.2, 0.25) is 0 Å². The van der Waals surface area contributed by atoms with Crippen LogP contribution in [0.1, 0.15) is 0 Å². The largest absolute Gasteiger partial charge is 0.466 e. The van der Waals surface area contributed by atoms with Gasteiger partial charge in [0.15, 0.2) is 0 Å².